The van der Waals surface area contributed by atoms with Crippen molar-refractivity contribution in [3.05, 3.63) is 12.4 Å². The molecular formula is C3H7N3. The highest BCUT2D eigenvalue weighted by atomic mass is 14.9. The van der Waals surface area contributed by atoms with E-state index in [1.165, 1.54) is 0 Å². The highest BCUT2D eigenvalue weighted by molar-refractivity contribution is 5.52. The van der Waals surface area contributed by atoms with E-state index in [4.69, 9.17) is 11.5 Å². The standard InChI is InChI=1S/C3H7N3/c1-3(5)6-2-4/h2H,1,5H2,(H2,4,6). The number of aliphatic imine (C=N–C) groups is 1. The van der Waals surface area contributed by atoms with E-state index in [2.05, 4.69) is 11.6 Å². The zero-order valence-electron chi connectivity index (χ0n) is 3.39. The summed E-state index contributed by atoms with van der Waals surface area (Å²) in [6.07, 6.45) is 1.10. The lowest BCUT2D eigenvalue weighted by molar-refractivity contribution is 1.27. The molecule has 0 saturated heterocycles. The molecule has 0 rings (SSSR count). The monoisotopic (exact) mass is 85.1 g/mol. The zero-order chi connectivity index (χ0) is 4.99. The molecule has 6 heavy (non-hydrogen) atoms. The molecule has 0 aliphatic carbocycles. The molecule has 0 amide bonds. The van der Waals surface area contributed by atoms with Gasteiger partial charge in [0.05, 0.1) is 6.34 Å². The zero-order valence-corrected chi connectivity index (χ0v) is 3.39. The average Bonchev–Trinajstić information content (AvgIpc) is 1.35. The van der Waals surface area contributed by atoms with Crippen LogP contribution in [0.3, 0.4) is 0 Å². The maximum absolute atomic E-state index is 4.93. The number of rotatable bonds is 1. The van der Waals surface area contributed by atoms with Crippen molar-refractivity contribution in [3.63, 3.8) is 0 Å². The fraction of sp³-hybridized carbons (Fsp3) is 0. The Balaban J connectivity index is 3.30. The van der Waals surface area contributed by atoms with Crippen LogP contribution in [0, 0.1) is 0 Å². The van der Waals surface area contributed by atoms with Crippen LogP contribution in [0.5, 0.6) is 0 Å². The van der Waals surface area contributed by atoms with E-state index in [9.17, 15) is 0 Å². The second kappa shape index (κ2) is 2.26. The topological polar surface area (TPSA) is 64.4 Å². The third-order valence-corrected chi connectivity index (χ3v) is 0.240. The summed E-state index contributed by atoms with van der Waals surface area (Å²) in [7, 11) is 0. The van der Waals surface area contributed by atoms with Crippen molar-refractivity contribution < 1.29 is 0 Å². The largest absolute Gasteiger partial charge is 0.390 e. The summed E-state index contributed by atoms with van der Waals surface area (Å²) in [6.45, 7) is 3.24. The molecule has 0 radical (unpaired) electrons. The van der Waals surface area contributed by atoms with Gasteiger partial charge in [-0.15, -0.1) is 0 Å². The Kier molecular flexibility index (Phi) is 1.89. The Morgan fingerprint density at radius 1 is 1.83 bits per heavy atom. The molecule has 0 aliphatic heterocycles. The smallest absolute Gasteiger partial charge is 0.117 e. The fourth-order valence-corrected chi connectivity index (χ4v) is 0.0957. The molecule has 0 unspecified atom stereocenters. The molecule has 4 N–H and O–H groups in total. The Morgan fingerprint density at radius 3 is 2.33 bits per heavy atom. The lowest BCUT2D eigenvalue weighted by atomic mass is 10.9. The number of nitrogens with zero attached hydrogens (tertiary/aromatic N) is 1. The summed E-state index contributed by atoms with van der Waals surface area (Å²) in [4.78, 5) is 3.36. The van der Waals surface area contributed by atoms with Gasteiger partial charge < -0.3 is 11.5 Å². The van der Waals surface area contributed by atoms with Crippen molar-refractivity contribution in [3.8, 4) is 0 Å². The Bertz CT molecular complexity index is 74.1. The quantitative estimate of drug-likeness (QED) is 0.330. The molecule has 0 aliphatic rings. The van der Waals surface area contributed by atoms with Gasteiger partial charge in [0.2, 0.25) is 0 Å². The summed E-state index contributed by atoms with van der Waals surface area (Å²) in [5, 5.41) is 0. The summed E-state index contributed by atoms with van der Waals surface area (Å²) >= 11 is 0. The van der Waals surface area contributed by atoms with Crippen molar-refractivity contribution in [2.24, 2.45) is 16.5 Å². The van der Waals surface area contributed by atoms with Crippen LogP contribution in [0.25, 0.3) is 0 Å². The van der Waals surface area contributed by atoms with Gasteiger partial charge in [-0.25, -0.2) is 4.99 Å². The first-order valence-corrected chi connectivity index (χ1v) is 1.46. The normalized spacial score (nSPS) is 9.33. The van der Waals surface area contributed by atoms with Gasteiger partial charge in [-0.2, -0.15) is 0 Å². The SMILES string of the molecule is C=C(N)N=CN. The maximum Gasteiger partial charge on any atom is 0.117 e. The van der Waals surface area contributed by atoms with Gasteiger partial charge >= 0.3 is 0 Å². The van der Waals surface area contributed by atoms with Gasteiger partial charge in [0, 0.05) is 0 Å². The molecule has 0 bridgehead atoms. The van der Waals surface area contributed by atoms with Crippen molar-refractivity contribution in [1.29, 1.82) is 0 Å². The maximum atomic E-state index is 4.93. The van der Waals surface area contributed by atoms with E-state index in [1.54, 1.807) is 0 Å². The second-order valence-electron chi connectivity index (χ2n) is 0.770. The van der Waals surface area contributed by atoms with Gasteiger partial charge in [-0.3, -0.25) is 0 Å². The molecule has 0 aromatic heterocycles. The van der Waals surface area contributed by atoms with Crippen LogP contribution in [-0.4, -0.2) is 6.34 Å². The minimum absolute atomic E-state index is 0.234. The van der Waals surface area contributed by atoms with Crippen molar-refractivity contribution in [2.75, 3.05) is 0 Å². The summed E-state index contributed by atoms with van der Waals surface area (Å²) in [5.74, 6) is 0.234. The molecule has 0 aromatic carbocycles. The van der Waals surface area contributed by atoms with Crippen molar-refractivity contribution >= 4 is 6.34 Å². The molecule has 0 saturated carbocycles. The van der Waals surface area contributed by atoms with E-state index >= 15 is 0 Å². The minimum atomic E-state index is 0.234. The molecule has 0 aromatic rings. The predicted octanol–water partition coefficient (Wildman–Crippen LogP) is -0.597. The Hall–Kier alpha value is -0.990. The average molecular weight is 85.1 g/mol. The number of hydrogen-bond acceptors (Lipinski definition) is 2. The van der Waals surface area contributed by atoms with Crippen LogP contribution in [-0.2, 0) is 0 Å². The molecule has 0 atom stereocenters. The first-order valence-electron chi connectivity index (χ1n) is 1.46. The Morgan fingerprint density at radius 2 is 2.33 bits per heavy atom. The van der Waals surface area contributed by atoms with E-state index in [-0.39, 0.29) is 5.82 Å². The minimum Gasteiger partial charge on any atom is -0.390 e. The molecule has 3 heteroatoms. The lowest BCUT2D eigenvalue weighted by Gasteiger charge is -1.78. The van der Waals surface area contributed by atoms with E-state index in [0.29, 0.717) is 0 Å². The summed E-state index contributed by atoms with van der Waals surface area (Å²) in [6, 6.07) is 0. The summed E-state index contributed by atoms with van der Waals surface area (Å²) < 4.78 is 0. The first-order chi connectivity index (χ1) is 2.77. The van der Waals surface area contributed by atoms with Crippen LogP contribution in [0.4, 0.5) is 0 Å². The van der Waals surface area contributed by atoms with E-state index in [0.717, 1.165) is 6.34 Å². The second-order valence-corrected chi connectivity index (χ2v) is 0.770. The first kappa shape index (κ1) is 5.01. The van der Waals surface area contributed by atoms with Gasteiger partial charge in [0.1, 0.15) is 5.82 Å². The van der Waals surface area contributed by atoms with Crippen LogP contribution >= 0.6 is 0 Å². The molecule has 34 valence electrons. The van der Waals surface area contributed by atoms with Crippen molar-refractivity contribution in [1.82, 2.24) is 0 Å². The fourth-order valence-electron chi connectivity index (χ4n) is 0.0957. The van der Waals surface area contributed by atoms with Gasteiger partial charge in [-0.1, -0.05) is 6.58 Å². The highest BCUT2D eigenvalue weighted by Gasteiger charge is 1.64. The number of nitrogens with two attached hydrogens (primary N) is 2. The number of hydrogen-bond donors (Lipinski definition) is 2. The van der Waals surface area contributed by atoms with E-state index < -0.39 is 0 Å². The predicted molar refractivity (Wildman–Crippen MR) is 26.0 cm³/mol. The van der Waals surface area contributed by atoms with Gasteiger partial charge in [0.25, 0.3) is 0 Å². The highest BCUT2D eigenvalue weighted by Crippen LogP contribution is 1.69. The third kappa shape index (κ3) is 3.01. The molecule has 3 nitrogen and oxygen atoms in total. The van der Waals surface area contributed by atoms with Crippen LogP contribution in [0.1, 0.15) is 0 Å². The van der Waals surface area contributed by atoms with Crippen molar-refractivity contribution in [2.45, 2.75) is 0 Å². The Labute approximate surface area is 36.4 Å². The third-order valence-electron chi connectivity index (χ3n) is 0.240. The van der Waals surface area contributed by atoms with Gasteiger partial charge in [0.15, 0.2) is 0 Å². The van der Waals surface area contributed by atoms with Crippen LogP contribution in [0.15, 0.2) is 17.4 Å². The van der Waals surface area contributed by atoms with Gasteiger partial charge in [-0.05, 0) is 0 Å². The molecular weight excluding hydrogens is 78.1 g/mol. The molecule has 0 heterocycles. The van der Waals surface area contributed by atoms with E-state index in [1.807, 2.05) is 0 Å². The molecule has 0 fully saturated rings. The lowest BCUT2D eigenvalue weighted by Crippen LogP contribution is -1.94. The van der Waals surface area contributed by atoms with Crippen LogP contribution in [0.2, 0.25) is 0 Å². The summed E-state index contributed by atoms with van der Waals surface area (Å²) in [5.41, 5.74) is 9.73. The molecule has 0 spiro atoms. The van der Waals surface area contributed by atoms with Crippen LogP contribution < -0.4 is 11.5 Å².